The maximum absolute atomic E-state index is 12.9. The van der Waals surface area contributed by atoms with Crippen molar-refractivity contribution in [3.63, 3.8) is 0 Å². The van der Waals surface area contributed by atoms with E-state index in [4.69, 9.17) is 21.8 Å². The number of hydrogen-bond donors (Lipinski definition) is 2. The number of carbonyl (C=O) groups is 2. The summed E-state index contributed by atoms with van der Waals surface area (Å²) in [5, 5.41) is 17.7. The molecule has 0 bridgehead atoms. The van der Waals surface area contributed by atoms with Gasteiger partial charge in [-0.15, -0.1) is 0 Å². The average Bonchev–Trinajstić information content (AvgIpc) is 2.84. The Balaban J connectivity index is 2.54. The molecule has 12 heteroatoms. The van der Waals surface area contributed by atoms with E-state index in [-0.39, 0.29) is 22.8 Å². The lowest BCUT2D eigenvalue weighted by Crippen LogP contribution is -2.44. The highest BCUT2D eigenvalue weighted by Gasteiger charge is 2.40. The third kappa shape index (κ3) is 4.29. The van der Waals surface area contributed by atoms with Gasteiger partial charge in [-0.3, -0.25) is 4.79 Å². The Kier molecular flexibility index (Phi) is 5.42. The minimum atomic E-state index is -4.52. The number of benzene rings is 1. The van der Waals surface area contributed by atoms with Crippen LogP contribution in [-0.2, 0) is 24.7 Å². The zero-order valence-electron chi connectivity index (χ0n) is 12.6. The quantitative estimate of drug-likeness (QED) is 0.679. The van der Waals surface area contributed by atoms with Crippen molar-refractivity contribution in [1.82, 2.24) is 4.31 Å². The maximum Gasteiger partial charge on any atom is 0.335 e. The highest BCUT2D eigenvalue weighted by atomic mass is 35.5. The molecule has 25 heavy (non-hydrogen) atoms. The minimum Gasteiger partial charge on any atom is -0.480 e. The first kappa shape index (κ1) is 19.6. The molecule has 1 atom stereocenters. The van der Waals surface area contributed by atoms with Gasteiger partial charge in [0, 0.05) is 6.04 Å². The Hall–Kier alpha value is -1.69. The van der Waals surface area contributed by atoms with E-state index in [0.29, 0.717) is 4.31 Å². The summed E-state index contributed by atoms with van der Waals surface area (Å²) in [5.41, 5.74) is -0.350. The van der Waals surface area contributed by atoms with Crippen molar-refractivity contribution in [2.75, 3.05) is 18.1 Å². The molecule has 0 radical (unpaired) electrons. The van der Waals surface area contributed by atoms with Crippen LogP contribution in [0, 0.1) is 0 Å². The Morgan fingerprint density at radius 1 is 1.28 bits per heavy atom. The molecule has 0 unspecified atom stereocenters. The second-order valence-corrected chi connectivity index (χ2v) is 9.95. The number of nitrogens with zero attached hydrogens (tertiary/aromatic N) is 1. The standard InChI is InChI=1S/C13H14ClNO8S2/c14-10-2-1-8(13(18)19)5-11(10)25(22,23)15(6-12(16)17)9-3-4-24(20,21)7-9/h1-2,5,9H,3-4,6-7H2,(H,16,17)(H,18,19)/t9-/m0/s1. The van der Waals surface area contributed by atoms with Crippen LogP contribution in [0.1, 0.15) is 16.8 Å². The van der Waals surface area contributed by atoms with Crippen LogP contribution in [0.25, 0.3) is 0 Å². The summed E-state index contributed by atoms with van der Waals surface area (Å²) >= 11 is 5.86. The Morgan fingerprint density at radius 3 is 2.40 bits per heavy atom. The molecule has 1 saturated heterocycles. The predicted molar refractivity (Wildman–Crippen MR) is 87.0 cm³/mol. The predicted octanol–water partition coefficient (Wildman–Crippen LogP) is 0.301. The van der Waals surface area contributed by atoms with Crippen molar-refractivity contribution in [1.29, 1.82) is 0 Å². The summed E-state index contributed by atoms with van der Waals surface area (Å²) < 4.78 is 49.5. The molecule has 0 spiro atoms. The highest BCUT2D eigenvalue weighted by molar-refractivity contribution is 7.92. The van der Waals surface area contributed by atoms with Gasteiger partial charge in [0.2, 0.25) is 10.0 Å². The number of sulfonamides is 1. The first-order chi connectivity index (χ1) is 11.4. The van der Waals surface area contributed by atoms with Crippen molar-refractivity contribution in [3.8, 4) is 0 Å². The summed E-state index contributed by atoms with van der Waals surface area (Å²) in [7, 11) is -8.00. The van der Waals surface area contributed by atoms with Crippen molar-refractivity contribution in [2.24, 2.45) is 0 Å². The number of sulfone groups is 1. The molecule has 1 aliphatic rings. The SMILES string of the molecule is O=C(O)CN([C@H]1CCS(=O)(=O)C1)S(=O)(=O)c1cc(C(=O)O)ccc1Cl. The van der Waals surface area contributed by atoms with Gasteiger partial charge in [0.25, 0.3) is 0 Å². The van der Waals surface area contributed by atoms with E-state index >= 15 is 0 Å². The van der Waals surface area contributed by atoms with Crippen LogP contribution in [0.4, 0.5) is 0 Å². The Bertz CT molecular complexity index is 925. The van der Waals surface area contributed by atoms with Gasteiger partial charge in [0.15, 0.2) is 9.84 Å². The van der Waals surface area contributed by atoms with Crippen LogP contribution in [0.3, 0.4) is 0 Å². The third-order valence-corrected chi connectivity index (χ3v) is 7.80. The Morgan fingerprint density at radius 2 is 1.92 bits per heavy atom. The molecule has 1 aliphatic heterocycles. The number of carboxylic acids is 2. The van der Waals surface area contributed by atoms with E-state index in [9.17, 15) is 26.4 Å². The van der Waals surface area contributed by atoms with Crippen molar-refractivity contribution < 1.29 is 36.6 Å². The molecule has 1 aromatic carbocycles. The molecule has 9 nitrogen and oxygen atoms in total. The first-order valence-electron chi connectivity index (χ1n) is 6.91. The summed E-state index contributed by atoms with van der Waals surface area (Å²) in [5.74, 6) is -3.62. The summed E-state index contributed by atoms with van der Waals surface area (Å²) in [6.07, 6.45) is -0.0505. The van der Waals surface area contributed by atoms with E-state index in [0.717, 1.165) is 18.2 Å². The van der Waals surface area contributed by atoms with Gasteiger partial charge in [-0.1, -0.05) is 11.6 Å². The number of halogens is 1. The fraction of sp³-hybridized carbons (Fsp3) is 0.385. The summed E-state index contributed by atoms with van der Waals surface area (Å²) in [4.78, 5) is 21.6. The van der Waals surface area contributed by atoms with Crippen LogP contribution in [-0.4, -0.2) is 67.4 Å². The molecule has 1 heterocycles. The molecule has 1 fully saturated rings. The molecule has 2 N–H and O–H groups in total. The largest absolute Gasteiger partial charge is 0.480 e. The number of hydrogen-bond acceptors (Lipinski definition) is 6. The smallest absolute Gasteiger partial charge is 0.335 e. The van der Waals surface area contributed by atoms with E-state index < -0.39 is 55.0 Å². The van der Waals surface area contributed by atoms with Gasteiger partial charge in [-0.25, -0.2) is 21.6 Å². The molecular formula is C13H14ClNO8S2. The lowest BCUT2D eigenvalue weighted by atomic mass is 10.2. The molecule has 138 valence electrons. The highest BCUT2D eigenvalue weighted by Crippen LogP contribution is 2.30. The van der Waals surface area contributed by atoms with Crippen LogP contribution < -0.4 is 0 Å². The average molecular weight is 412 g/mol. The van der Waals surface area contributed by atoms with Gasteiger partial charge >= 0.3 is 11.9 Å². The van der Waals surface area contributed by atoms with Gasteiger partial charge in [-0.2, -0.15) is 4.31 Å². The molecule has 0 aromatic heterocycles. The van der Waals surface area contributed by atoms with Crippen LogP contribution in [0.2, 0.25) is 5.02 Å². The maximum atomic E-state index is 12.9. The van der Waals surface area contributed by atoms with Crippen LogP contribution in [0.5, 0.6) is 0 Å². The second-order valence-electron chi connectivity index (χ2n) is 5.45. The number of aromatic carboxylic acids is 1. The summed E-state index contributed by atoms with van der Waals surface area (Å²) in [6, 6.07) is 1.93. The lowest BCUT2D eigenvalue weighted by Gasteiger charge is -2.26. The van der Waals surface area contributed by atoms with Gasteiger partial charge < -0.3 is 10.2 Å². The lowest BCUT2D eigenvalue weighted by molar-refractivity contribution is -0.137. The monoisotopic (exact) mass is 411 g/mol. The minimum absolute atomic E-state index is 0.0505. The Labute approximate surface area is 148 Å². The molecule has 2 rings (SSSR count). The van der Waals surface area contributed by atoms with Gasteiger partial charge in [-0.05, 0) is 24.6 Å². The van der Waals surface area contributed by atoms with E-state index in [1.807, 2.05) is 0 Å². The van der Waals surface area contributed by atoms with Crippen LogP contribution >= 0.6 is 11.6 Å². The topological polar surface area (TPSA) is 146 Å². The van der Waals surface area contributed by atoms with Crippen LogP contribution in [0.15, 0.2) is 23.1 Å². The molecule has 1 aromatic rings. The third-order valence-electron chi connectivity index (χ3n) is 3.67. The normalized spacial score (nSPS) is 19.8. The fourth-order valence-electron chi connectivity index (χ4n) is 2.51. The zero-order valence-corrected chi connectivity index (χ0v) is 15.0. The molecular weight excluding hydrogens is 398 g/mol. The second kappa shape index (κ2) is 6.90. The van der Waals surface area contributed by atoms with E-state index in [1.165, 1.54) is 0 Å². The molecule has 0 amide bonds. The van der Waals surface area contributed by atoms with Crippen molar-refractivity contribution >= 4 is 43.4 Å². The fourth-order valence-corrected chi connectivity index (χ4v) is 6.44. The molecule has 0 saturated carbocycles. The summed E-state index contributed by atoms with van der Waals surface area (Å²) in [6.45, 7) is -0.962. The first-order valence-corrected chi connectivity index (χ1v) is 10.5. The molecule has 0 aliphatic carbocycles. The van der Waals surface area contributed by atoms with Gasteiger partial charge in [0.1, 0.15) is 11.4 Å². The number of rotatable bonds is 6. The van der Waals surface area contributed by atoms with Crippen molar-refractivity contribution in [2.45, 2.75) is 17.4 Å². The van der Waals surface area contributed by atoms with E-state index in [1.54, 1.807) is 0 Å². The van der Waals surface area contributed by atoms with Gasteiger partial charge in [0.05, 0.1) is 22.1 Å². The van der Waals surface area contributed by atoms with E-state index in [2.05, 4.69) is 0 Å². The number of aliphatic carboxylic acids is 1. The zero-order chi connectivity index (χ0) is 19.0. The number of carboxylic acid groups (broad SMARTS) is 2. The van der Waals surface area contributed by atoms with Crippen molar-refractivity contribution in [3.05, 3.63) is 28.8 Å².